The second-order valence-corrected chi connectivity index (χ2v) is 2.66. The fourth-order valence-corrected chi connectivity index (χ4v) is 0.936. The second-order valence-electron chi connectivity index (χ2n) is 2.27. The molecule has 0 aliphatic rings. The van der Waals surface area contributed by atoms with Crippen LogP contribution in [0.4, 0.5) is 0 Å². The highest BCUT2D eigenvalue weighted by molar-refractivity contribution is 6.29. The van der Waals surface area contributed by atoms with Crippen molar-refractivity contribution in [2.75, 3.05) is 7.11 Å². The minimum Gasteiger partial charge on any atom is -0.466 e. The molecule has 3 nitrogen and oxygen atoms in total. The highest BCUT2D eigenvalue weighted by Gasteiger charge is 1.93. The molecule has 4 heteroatoms. The minimum atomic E-state index is -0.395. The Labute approximate surface area is 81.0 Å². The van der Waals surface area contributed by atoms with Crippen molar-refractivity contribution >= 4 is 23.6 Å². The maximum atomic E-state index is 10.7. The Morgan fingerprint density at radius 1 is 1.69 bits per heavy atom. The summed E-state index contributed by atoms with van der Waals surface area (Å²) in [5.74, 6) is -0.395. The molecular formula is C9H8ClNO2. The fraction of sp³-hybridized carbons (Fsp3) is 0.111. The molecule has 0 fully saturated rings. The summed E-state index contributed by atoms with van der Waals surface area (Å²) >= 11 is 5.63. The van der Waals surface area contributed by atoms with Gasteiger partial charge in [0.2, 0.25) is 0 Å². The van der Waals surface area contributed by atoms with Gasteiger partial charge in [-0.05, 0) is 23.8 Å². The van der Waals surface area contributed by atoms with Crippen molar-refractivity contribution in [2.24, 2.45) is 0 Å². The van der Waals surface area contributed by atoms with Crippen LogP contribution < -0.4 is 0 Å². The van der Waals surface area contributed by atoms with Crippen LogP contribution >= 0.6 is 11.6 Å². The van der Waals surface area contributed by atoms with Crippen molar-refractivity contribution in [3.05, 3.63) is 35.1 Å². The Hall–Kier alpha value is -1.35. The molecule has 1 aromatic rings. The number of pyridine rings is 1. The molecule has 1 heterocycles. The SMILES string of the molecule is COC(=O)/C=C/c1ccnc(Cl)c1. The van der Waals surface area contributed by atoms with E-state index in [9.17, 15) is 4.79 Å². The molecule has 0 aliphatic heterocycles. The largest absolute Gasteiger partial charge is 0.466 e. The molecule has 0 amide bonds. The minimum absolute atomic E-state index is 0.395. The zero-order valence-electron chi connectivity index (χ0n) is 7.03. The van der Waals surface area contributed by atoms with Crippen molar-refractivity contribution < 1.29 is 9.53 Å². The number of hydrogen-bond donors (Lipinski definition) is 0. The molecule has 0 spiro atoms. The van der Waals surface area contributed by atoms with E-state index in [4.69, 9.17) is 11.6 Å². The van der Waals surface area contributed by atoms with Crippen LogP contribution in [-0.4, -0.2) is 18.1 Å². The summed E-state index contributed by atoms with van der Waals surface area (Å²) in [4.78, 5) is 14.5. The standard InChI is InChI=1S/C9H8ClNO2/c1-13-9(12)3-2-7-4-5-11-8(10)6-7/h2-6H,1H3/b3-2+. The molecule has 1 rings (SSSR count). The van der Waals surface area contributed by atoms with E-state index in [0.29, 0.717) is 5.15 Å². The summed E-state index contributed by atoms with van der Waals surface area (Å²) in [5, 5.41) is 0.395. The topological polar surface area (TPSA) is 39.2 Å². The Morgan fingerprint density at radius 3 is 3.08 bits per heavy atom. The third-order valence-electron chi connectivity index (χ3n) is 1.36. The van der Waals surface area contributed by atoms with E-state index in [1.807, 2.05) is 0 Å². The maximum Gasteiger partial charge on any atom is 0.330 e. The van der Waals surface area contributed by atoms with Crippen molar-refractivity contribution in [3.8, 4) is 0 Å². The Bertz CT molecular complexity index is 336. The van der Waals surface area contributed by atoms with Gasteiger partial charge in [-0.1, -0.05) is 11.6 Å². The van der Waals surface area contributed by atoms with Crippen LogP contribution in [0, 0.1) is 0 Å². The number of ether oxygens (including phenoxy) is 1. The fourth-order valence-electron chi connectivity index (χ4n) is 0.753. The van der Waals surface area contributed by atoms with Crippen LogP contribution in [0.15, 0.2) is 24.4 Å². The molecule has 0 unspecified atom stereocenters. The molecule has 13 heavy (non-hydrogen) atoms. The first-order valence-electron chi connectivity index (χ1n) is 3.60. The number of methoxy groups -OCH3 is 1. The number of carbonyl (C=O) groups is 1. The van der Waals surface area contributed by atoms with Gasteiger partial charge in [-0.15, -0.1) is 0 Å². The van der Waals surface area contributed by atoms with E-state index in [-0.39, 0.29) is 0 Å². The predicted octanol–water partition coefficient (Wildman–Crippen LogP) is 1.92. The van der Waals surface area contributed by atoms with E-state index >= 15 is 0 Å². The monoisotopic (exact) mass is 197 g/mol. The normalized spacial score (nSPS) is 10.3. The summed E-state index contributed by atoms with van der Waals surface area (Å²) < 4.78 is 4.43. The van der Waals surface area contributed by atoms with E-state index in [2.05, 4.69) is 9.72 Å². The van der Waals surface area contributed by atoms with Gasteiger partial charge in [0.1, 0.15) is 5.15 Å². The maximum absolute atomic E-state index is 10.7. The second kappa shape index (κ2) is 4.62. The van der Waals surface area contributed by atoms with Gasteiger partial charge in [0, 0.05) is 12.3 Å². The van der Waals surface area contributed by atoms with Gasteiger partial charge in [-0.3, -0.25) is 0 Å². The molecule has 0 N–H and O–H groups in total. The van der Waals surface area contributed by atoms with Gasteiger partial charge in [0.15, 0.2) is 0 Å². The summed E-state index contributed by atoms with van der Waals surface area (Å²) in [5.41, 5.74) is 0.811. The quantitative estimate of drug-likeness (QED) is 0.413. The lowest BCUT2D eigenvalue weighted by atomic mass is 10.2. The zero-order valence-corrected chi connectivity index (χ0v) is 7.78. The van der Waals surface area contributed by atoms with Crippen LogP contribution in [0.2, 0.25) is 5.15 Å². The number of halogens is 1. The predicted molar refractivity (Wildman–Crippen MR) is 50.3 cm³/mol. The average Bonchev–Trinajstić information content (AvgIpc) is 2.14. The first-order chi connectivity index (χ1) is 6.22. The summed E-state index contributed by atoms with van der Waals surface area (Å²) in [6, 6.07) is 3.40. The summed E-state index contributed by atoms with van der Waals surface area (Å²) in [7, 11) is 1.33. The first kappa shape index (κ1) is 9.74. The van der Waals surface area contributed by atoms with Crippen LogP contribution in [0.5, 0.6) is 0 Å². The van der Waals surface area contributed by atoms with Crippen LogP contribution in [0.1, 0.15) is 5.56 Å². The van der Waals surface area contributed by atoms with Gasteiger partial charge in [-0.2, -0.15) is 0 Å². The molecule has 0 saturated heterocycles. The van der Waals surface area contributed by atoms with Crippen molar-refractivity contribution in [2.45, 2.75) is 0 Å². The highest BCUT2D eigenvalue weighted by Crippen LogP contribution is 2.08. The van der Waals surface area contributed by atoms with Crippen LogP contribution in [-0.2, 0) is 9.53 Å². The van der Waals surface area contributed by atoms with E-state index in [0.717, 1.165) is 5.56 Å². The summed E-state index contributed by atoms with van der Waals surface area (Å²) in [6.45, 7) is 0. The summed E-state index contributed by atoms with van der Waals surface area (Å²) in [6.07, 6.45) is 4.50. The van der Waals surface area contributed by atoms with Crippen molar-refractivity contribution in [1.29, 1.82) is 0 Å². The first-order valence-corrected chi connectivity index (χ1v) is 3.98. The number of rotatable bonds is 2. The molecule has 0 bridgehead atoms. The average molecular weight is 198 g/mol. The van der Waals surface area contributed by atoms with Gasteiger partial charge < -0.3 is 4.74 Å². The van der Waals surface area contributed by atoms with Crippen LogP contribution in [0.3, 0.4) is 0 Å². The lowest BCUT2D eigenvalue weighted by molar-refractivity contribution is -0.134. The lowest BCUT2D eigenvalue weighted by Crippen LogP contribution is -1.93. The molecule has 0 aliphatic carbocycles. The number of aromatic nitrogens is 1. The molecule has 0 radical (unpaired) electrons. The smallest absolute Gasteiger partial charge is 0.330 e. The van der Waals surface area contributed by atoms with E-state index in [1.165, 1.54) is 13.2 Å². The Morgan fingerprint density at radius 2 is 2.46 bits per heavy atom. The third-order valence-corrected chi connectivity index (χ3v) is 1.57. The lowest BCUT2D eigenvalue weighted by Gasteiger charge is -1.93. The van der Waals surface area contributed by atoms with Gasteiger partial charge in [0.05, 0.1) is 7.11 Å². The Balaban J connectivity index is 2.74. The zero-order chi connectivity index (χ0) is 9.68. The molecule has 0 saturated carbocycles. The van der Waals surface area contributed by atoms with E-state index in [1.54, 1.807) is 24.4 Å². The van der Waals surface area contributed by atoms with Gasteiger partial charge in [-0.25, -0.2) is 9.78 Å². The molecular weight excluding hydrogens is 190 g/mol. The van der Waals surface area contributed by atoms with Gasteiger partial charge >= 0.3 is 5.97 Å². The third kappa shape index (κ3) is 3.25. The van der Waals surface area contributed by atoms with Crippen molar-refractivity contribution in [3.63, 3.8) is 0 Å². The van der Waals surface area contributed by atoms with Crippen LogP contribution in [0.25, 0.3) is 6.08 Å². The van der Waals surface area contributed by atoms with Crippen molar-refractivity contribution in [1.82, 2.24) is 4.98 Å². The molecule has 0 atom stereocenters. The van der Waals surface area contributed by atoms with Gasteiger partial charge in [0.25, 0.3) is 0 Å². The molecule has 1 aromatic heterocycles. The highest BCUT2D eigenvalue weighted by atomic mass is 35.5. The number of hydrogen-bond acceptors (Lipinski definition) is 3. The Kier molecular flexibility index (Phi) is 3.46. The number of esters is 1. The molecule has 0 aromatic carbocycles. The number of nitrogens with zero attached hydrogens (tertiary/aromatic N) is 1. The van der Waals surface area contributed by atoms with E-state index < -0.39 is 5.97 Å². The molecule has 68 valence electrons. The number of carbonyl (C=O) groups excluding carboxylic acids is 1.